The third kappa shape index (κ3) is 2.56. The molecule has 0 heterocycles. The Morgan fingerprint density at radius 2 is 1.00 bits per heavy atom. The Kier molecular flexibility index (Phi) is 5.76. The van der Waals surface area contributed by atoms with Gasteiger partial charge in [0, 0.05) is 0 Å². The molecule has 1 fully saturated rings. The maximum Gasteiger partial charge on any atom is 1.00 e. The summed E-state index contributed by atoms with van der Waals surface area (Å²) in [5.74, 6) is 0.475. The van der Waals surface area contributed by atoms with Gasteiger partial charge in [-0.15, -0.1) is 0 Å². The second-order valence-corrected chi connectivity index (χ2v) is 3.69. The fourth-order valence-electron chi connectivity index (χ4n) is 1.97. The van der Waals surface area contributed by atoms with Gasteiger partial charge < -0.3 is 0 Å². The number of rotatable bonds is 1. The van der Waals surface area contributed by atoms with E-state index in [0.717, 1.165) is 0 Å². The third-order valence-corrected chi connectivity index (χ3v) is 2.76. The minimum absolute atomic E-state index is 0. The molecule has 0 saturated heterocycles. The minimum atomic E-state index is -0.0274. The van der Waals surface area contributed by atoms with Crippen LogP contribution in [0.1, 0.15) is 5.56 Å². The summed E-state index contributed by atoms with van der Waals surface area (Å²) in [4.78, 5) is 0. The van der Waals surface area contributed by atoms with Crippen LogP contribution in [0, 0.1) is 74.9 Å². The van der Waals surface area contributed by atoms with Crippen LogP contribution in [-0.2, 0) is 0 Å². The van der Waals surface area contributed by atoms with E-state index in [1.54, 1.807) is 30.3 Å². The molecule has 0 spiro atoms. The molecule has 5 heteroatoms. The van der Waals surface area contributed by atoms with E-state index >= 15 is 0 Å². The summed E-state index contributed by atoms with van der Waals surface area (Å²) in [6.07, 6.45) is 0. The largest absolute Gasteiger partial charge is 1.00 e. The van der Waals surface area contributed by atoms with Crippen molar-refractivity contribution in [2.45, 2.75) is 0 Å². The van der Waals surface area contributed by atoms with Gasteiger partial charge in [-0.25, -0.2) is 0 Å². The molecule has 0 N–H and O–H groups in total. The van der Waals surface area contributed by atoms with E-state index < -0.39 is 0 Å². The number of hydrogen-bond donors (Lipinski definition) is 0. The standard InChI is InChI=1S/C15H5N4.Na/c16-6-11-12(7-17)14(9-19)15(13(11)8-18)10-4-2-1-3-5-10;/h1-5H;/q;+1. The monoisotopic (exact) mass is 264 g/mol. The summed E-state index contributed by atoms with van der Waals surface area (Å²) in [7, 11) is 0. The first-order valence-electron chi connectivity index (χ1n) is 5.31. The average molecular weight is 264 g/mol. The van der Waals surface area contributed by atoms with E-state index in [2.05, 4.69) is 0 Å². The molecule has 1 aromatic carbocycles. The number of benzene rings is 1. The van der Waals surface area contributed by atoms with Crippen LogP contribution in [0.3, 0.4) is 0 Å². The number of hydrogen-bond acceptors (Lipinski definition) is 4. The van der Waals surface area contributed by atoms with Gasteiger partial charge in [-0.3, -0.25) is 0 Å². The predicted octanol–water partition coefficient (Wildman–Crippen LogP) is -0.981. The quantitative estimate of drug-likeness (QED) is 0.609. The van der Waals surface area contributed by atoms with E-state index in [4.69, 9.17) is 10.5 Å². The molecular weight excluding hydrogens is 259 g/mol. The molecular formula is C15H5N4Na+. The second kappa shape index (κ2) is 7.09. The van der Waals surface area contributed by atoms with E-state index in [1.165, 1.54) is 0 Å². The fraction of sp³-hybridized carbons (Fsp3) is 0. The van der Waals surface area contributed by atoms with Crippen LogP contribution in [-0.4, -0.2) is 0 Å². The first kappa shape index (κ1) is 16.2. The van der Waals surface area contributed by atoms with Crippen molar-refractivity contribution in [3.8, 4) is 24.3 Å². The molecule has 20 heavy (non-hydrogen) atoms. The zero-order chi connectivity index (χ0) is 13.8. The van der Waals surface area contributed by atoms with Crippen molar-refractivity contribution in [2.24, 2.45) is 0 Å². The normalized spacial score (nSPS) is 17.4. The van der Waals surface area contributed by atoms with Crippen LogP contribution in [0.2, 0.25) is 0 Å². The van der Waals surface area contributed by atoms with Crippen LogP contribution < -0.4 is 29.6 Å². The van der Waals surface area contributed by atoms with Gasteiger partial charge in [-0.2, -0.15) is 21.0 Å². The summed E-state index contributed by atoms with van der Waals surface area (Å²) >= 11 is 0. The molecule has 4 nitrogen and oxygen atoms in total. The topological polar surface area (TPSA) is 95.2 Å². The SMILES string of the molecule is N#C[C]1[C](C#N)[C](C#N)[C](c2ccccc2)[C]1C#N.[Na+]. The number of nitrogens with zero attached hydrogens (tertiary/aromatic N) is 4. The Bertz CT molecular complexity index is 591. The molecule has 2 rings (SSSR count). The smallest absolute Gasteiger partial charge is 0.198 e. The fourth-order valence-corrected chi connectivity index (χ4v) is 1.97. The maximum atomic E-state index is 9.20. The maximum absolute atomic E-state index is 9.20. The summed E-state index contributed by atoms with van der Waals surface area (Å²) in [6, 6.07) is 16.3. The van der Waals surface area contributed by atoms with Gasteiger partial charge in [-0.05, 0) is 5.56 Å². The molecule has 1 aliphatic carbocycles. The summed E-state index contributed by atoms with van der Waals surface area (Å²) in [5.41, 5.74) is 0.647. The van der Waals surface area contributed by atoms with Crippen LogP contribution >= 0.6 is 0 Å². The molecule has 0 aliphatic heterocycles. The molecule has 0 amide bonds. The summed E-state index contributed by atoms with van der Waals surface area (Å²) in [6.45, 7) is 0. The van der Waals surface area contributed by atoms with Crippen LogP contribution in [0.5, 0.6) is 0 Å². The Morgan fingerprint density at radius 1 is 0.600 bits per heavy atom. The van der Waals surface area contributed by atoms with Gasteiger partial charge in [0.2, 0.25) is 0 Å². The van der Waals surface area contributed by atoms with Crippen molar-refractivity contribution < 1.29 is 29.6 Å². The Hall–Kier alpha value is -1.82. The molecule has 85 valence electrons. The summed E-state index contributed by atoms with van der Waals surface area (Å²) in [5, 5.41) is 36.6. The van der Waals surface area contributed by atoms with Gasteiger partial charge in [0.15, 0.2) is 0 Å². The van der Waals surface area contributed by atoms with Crippen molar-refractivity contribution in [2.75, 3.05) is 0 Å². The van der Waals surface area contributed by atoms with E-state index in [1.807, 2.05) is 24.3 Å². The first-order chi connectivity index (χ1) is 9.28. The van der Waals surface area contributed by atoms with Gasteiger partial charge in [0.1, 0.15) is 23.7 Å². The molecule has 1 aliphatic rings. The van der Waals surface area contributed by atoms with Crippen LogP contribution in [0.15, 0.2) is 30.3 Å². The first-order valence-corrected chi connectivity index (χ1v) is 5.31. The predicted molar refractivity (Wildman–Crippen MR) is 64.2 cm³/mol. The van der Waals surface area contributed by atoms with Crippen molar-refractivity contribution >= 4 is 0 Å². The molecule has 1 aromatic rings. The Balaban J connectivity index is 0.00000200. The van der Waals surface area contributed by atoms with Gasteiger partial charge >= 0.3 is 29.6 Å². The second-order valence-electron chi connectivity index (χ2n) is 3.69. The summed E-state index contributed by atoms with van der Waals surface area (Å²) < 4.78 is 0. The molecule has 5 radical (unpaired) electrons. The van der Waals surface area contributed by atoms with Crippen molar-refractivity contribution in [3.05, 3.63) is 65.5 Å². The van der Waals surface area contributed by atoms with Gasteiger partial charge in [0.05, 0.1) is 30.2 Å². The molecule has 0 aromatic heterocycles. The number of nitriles is 4. The van der Waals surface area contributed by atoms with Crippen molar-refractivity contribution in [1.29, 1.82) is 21.0 Å². The van der Waals surface area contributed by atoms with Crippen LogP contribution in [0.4, 0.5) is 0 Å². The van der Waals surface area contributed by atoms with Crippen molar-refractivity contribution in [1.82, 2.24) is 0 Å². The molecule has 1 saturated carbocycles. The minimum Gasteiger partial charge on any atom is -0.198 e. The Morgan fingerprint density at radius 3 is 1.35 bits per heavy atom. The zero-order valence-electron chi connectivity index (χ0n) is 10.7. The zero-order valence-corrected chi connectivity index (χ0v) is 12.7. The van der Waals surface area contributed by atoms with Crippen LogP contribution in [0.25, 0.3) is 0 Å². The van der Waals surface area contributed by atoms with E-state index in [0.29, 0.717) is 11.5 Å². The average Bonchev–Trinajstić information content (AvgIpc) is 2.80. The van der Waals surface area contributed by atoms with E-state index in [-0.39, 0.29) is 53.2 Å². The molecule has 0 atom stereocenters. The van der Waals surface area contributed by atoms with Crippen molar-refractivity contribution in [3.63, 3.8) is 0 Å². The van der Waals surface area contributed by atoms with Gasteiger partial charge in [-0.1, -0.05) is 30.3 Å². The van der Waals surface area contributed by atoms with Gasteiger partial charge in [0.25, 0.3) is 0 Å². The van der Waals surface area contributed by atoms with E-state index in [9.17, 15) is 10.5 Å². The Labute approximate surface area is 140 Å². The molecule has 0 bridgehead atoms. The third-order valence-electron chi connectivity index (χ3n) is 2.76. The molecule has 0 unspecified atom stereocenters.